The molecule has 0 saturated heterocycles. The van der Waals surface area contributed by atoms with Crippen LogP contribution in [0.2, 0.25) is 5.02 Å². The van der Waals surface area contributed by atoms with E-state index in [9.17, 15) is 19.1 Å². The number of hydrogen-bond acceptors (Lipinski definition) is 3. The number of carbonyl (C=O) groups excluding carboxylic acids is 1. The molecule has 0 heterocycles. The molecule has 1 aliphatic rings. The van der Waals surface area contributed by atoms with Crippen LogP contribution in [0.15, 0.2) is 66.7 Å². The van der Waals surface area contributed by atoms with Crippen molar-refractivity contribution < 1.29 is 23.8 Å². The first-order valence-electron chi connectivity index (χ1n) is 10.2. The topological polar surface area (TPSA) is 66.8 Å². The van der Waals surface area contributed by atoms with E-state index in [4.69, 9.17) is 16.3 Å². The van der Waals surface area contributed by atoms with Crippen LogP contribution in [0.4, 0.5) is 9.18 Å². The SMILES string of the molecule is CCN(C(=O)OCC1c2ccccc2-c2ccccc21)C(C(=O)O)c1cc(F)cc(Cl)c1. The Morgan fingerprint density at radius 1 is 1.06 bits per heavy atom. The molecule has 1 unspecified atom stereocenters. The minimum Gasteiger partial charge on any atom is -0.479 e. The zero-order valence-corrected chi connectivity index (χ0v) is 18.1. The Hall–Kier alpha value is -3.38. The summed E-state index contributed by atoms with van der Waals surface area (Å²) in [5, 5.41) is 9.83. The maximum atomic E-state index is 13.8. The highest BCUT2D eigenvalue weighted by atomic mass is 35.5. The van der Waals surface area contributed by atoms with E-state index in [1.54, 1.807) is 6.92 Å². The molecule has 32 heavy (non-hydrogen) atoms. The van der Waals surface area contributed by atoms with Crippen molar-refractivity contribution in [3.05, 3.63) is 94.3 Å². The molecule has 0 aliphatic heterocycles. The van der Waals surface area contributed by atoms with Crippen molar-refractivity contribution in [2.24, 2.45) is 0 Å². The van der Waals surface area contributed by atoms with Crippen LogP contribution in [0.1, 0.15) is 35.6 Å². The van der Waals surface area contributed by atoms with Gasteiger partial charge >= 0.3 is 12.1 Å². The highest BCUT2D eigenvalue weighted by Gasteiger charge is 2.34. The molecule has 0 fully saturated rings. The van der Waals surface area contributed by atoms with Gasteiger partial charge in [0.25, 0.3) is 0 Å². The van der Waals surface area contributed by atoms with Gasteiger partial charge in [0.1, 0.15) is 12.4 Å². The third-order valence-electron chi connectivity index (χ3n) is 5.66. The van der Waals surface area contributed by atoms with E-state index in [1.807, 2.05) is 48.5 Å². The molecule has 4 rings (SSSR count). The number of hydrogen-bond donors (Lipinski definition) is 1. The second kappa shape index (κ2) is 9.01. The predicted octanol–water partition coefficient (Wildman–Crippen LogP) is 5.88. The largest absolute Gasteiger partial charge is 0.479 e. The number of rotatable bonds is 6. The van der Waals surface area contributed by atoms with Crippen LogP contribution < -0.4 is 0 Å². The number of amides is 1. The molecule has 7 heteroatoms. The molecule has 5 nitrogen and oxygen atoms in total. The Morgan fingerprint density at radius 2 is 1.66 bits per heavy atom. The molecule has 1 amide bonds. The van der Waals surface area contributed by atoms with E-state index in [-0.39, 0.29) is 29.7 Å². The summed E-state index contributed by atoms with van der Waals surface area (Å²) in [7, 11) is 0. The molecule has 0 aromatic heterocycles. The van der Waals surface area contributed by atoms with Crippen LogP contribution in [0, 0.1) is 5.82 Å². The number of carbonyl (C=O) groups is 2. The smallest absolute Gasteiger partial charge is 0.410 e. The first-order valence-corrected chi connectivity index (χ1v) is 10.6. The zero-order chi connectivity index (χ0) is 22.8. The monoisotopic (exact) mass is 453 g/mol. The quantitative estimate of drug-likeness (QED) is 0.506. The number of aliphatic carboxylic acids is 1. The fraction of sp³-hybridized carbons (Fsp3) is 0.200. The van der Waals surface area contributed by atoms with E-state index in [1.165, 1.54) is 6.07 Å². The average molecular weight is 454 g/mol. The van der Waals surface area contributed by atoms with Gasteiger partial charge in [0.2, 0.25) is 0 Å². The summed E-state index contributed by atoms with van der Waals surface area (Å²) >= 11 is 5.90. The summed E-state index contributed by atoms with van der Waals surface area (Å²) in [5.41, 5.74) is 4.36. The molecule has 164 valence electrons. The molecule has 1 aliphatic carbocycles. The Labute approximate surface area is 190 Å². The van der Waals surface area contributed by atoms with Gasteiger partial charge in [-0.25, -0.2) is 14.0 Å². The average Bonchev–Trinajstić information content (AvgIpc) is 3.08. The zero-order valence-electron chi connectivity index (χ0n) is 17.3. The van der Waals surface area contributed by atoms with E-state index >= 15 is 0 Å². The number of nitrogens with zero attached hydrogens (tertiary/aromatic N) is 1. The van der Waals surface area contributed by atoms with E-state index in [0.29, 0.717) is 0 Å². The third-order valence-corrected chi connectivity index (χ3v) is 5.88. The minimum atomic E-state index is -1.43. The molecular weight excluding hydrogens is 433 g/mol. The number of benzene rings is 3. The van der Waals surface area contributed by atoms with Crippen molar-refractivity contribution >= 4 is 23.7 Å². The van der Waals surface area contributed by atoms with E-state index in [0.717, 1.165) is 39.3 Å². The summed E-state index contributed by atoms with van der Waals surface area (Å²) in [5.74, 6) is -2.14. The molecule has 1 atom stereocenters. The maximum Gasteiger partial charge on any atom is 0.410 e. The van der Waals surface area contributed by atoms with E-state index < -0.39 is 23.9 Å². The van der Waals surface area contributed by atoms with Gasteiger partial charge in [0, 0.05) is 17.5 Å². The predicted molar refractivity (Wildman–Crippen MR) is 119 cm³/mol. The molecule has 1 N–H and O–H groups in total. The highest BCUT2D eigenvalue weighted by Crippen LogP contribution is 2.44. The molecular formula is C25H21ClFNO4. The van der Waals surface area contributed by atoms with Crippen LogP contribution in [0.5, 0.6) is 0 Å². The van der Waals surface area contributed by atoms with Crippen LogP contribution in [-0.2, 0) is 9.53 Å². The van der Waals surface area contributed by atoms with Crippen molar-refractivity contribution in [1.29, 1.82) is 0 Å². The van der Waals surface area contributed by atoms with Crippen LogP contribution in [-0.4, -0.2) is 35.2 Å². The van der Waals surface area contributed by atoms with Crippen LogP contribution >= 0.6 is 11.6 Å². The van der Waals surface area contributed by atoms with Gasteiger partial charge in [-0.2, -0.15) is 0 Å². The molecule has 3 aromatic carbocycles. The summed E-state index contributed by atoms with van der Waals surface area (Å²) in [4.78, 5) is 26.0. The first kappa shape index (κ1) is 21.8. The number of ether oxygens (including phenoxy) is 1. The molecule has 0 saturated carbocycles. The lowest BCUT2D eigenvalue weighted by Crippen LogP contribution is -2.39. The van der Waals surface area contributed by atoms with Crippen LogP contribution in [0.3, 0.4) is 0 Å². The fourth-order valence-corrected chi connectivity index (χ4v) is 4.51. The minimum absolute atomic E-state index is 0.0508. The van der Waals surface area contributed by atoms with Crippen molar-refractivity contribution in [2.75, 3.05) is 13.2 Å². The summed E-state index contributed by atoms with van der Waals surface area (Å²) in [6, 6.07) is 17.9. The highest BCUT2D eigenvalue weighted by molar-refractivity contribution is 6.30. The Morgan fingerprint density at radius 3 is 2.19 bits per heavy atom. The standard InChI is InChI=1S/C25H21ClFNO4/c1-2-28(23(24(29)30)15-11-16(26)13-17(27)12-15)25(31)32-14-22-20-9-5-3-7-18(20)19-8-4-6-10-21(19)22/h3-13,22-23H,2,14H2,1H3,(H,29,30). The molecule has 3 aromatic rings. The van der Waals surface area contributed by atoms with Crippen molar-refractivity contribution in [3.8, 4) is 11.1 Å². The molecule has 0 bridgehead atoms. The number of fused-ring (bicyclic) bond motifs is 3. The van der Waals surface area contributed by atoms with Gasteiger partial charge in [-0.15, -0.1) is 0 Å². The maximum absolute atomic E-state index is 13.8. The van der Waals surface area contributed by atoms with Gasteiger partial charge in [-0.3, -0.25) is 4.90 Å². The lowest BCUT2D eigenvalue weighted by molar-refractivity contribution is -0.143. The summed E-state index contributed by atoms with van der Waals surface area (Å²) in [6.07, 6.45) is -0.790. The van der Waals surface area contributed by atoms with Gasteiger partial charge in [-0.1, -0.05) is 60.1 Å². The van der Waals surface area contributed by atoms with Gasteiger partial charge < -0.3 is 9.84 Å². The molecule has 0 radical (unpaired) electrons. The number of likely N-dealkylation sites (N-methyl/N-ethyl adjacent to an activating group) is 1. The van der Waals surface area contributed by atoms with E-state index in [2.05, 4.69) is 0 Å². The summed E-state index contributed by atoms with van der Waals surface area (Å²) < 4.78 is 19.4. The van der Waals surface area contributed by atoms with Gasteiger partial charge in [-0.05, 0) is 52.9 Å². The van der Waals surface area contributed by atoms with Crippen molar-refractivity contribution in [3.63, 3.8) is 0 Å². The lowest BCUT2D eigenvalue weighted by atomic mass is 9.98. The fourth-order valence-electron chi connectivity index (χ4n) is 4.28. The van der Waals surface area contributed by atoms with Gasteiger partial charge in [0.15, 0.2) is 6.04 Å². The van der Waals surface area contributed by atoms with Crippen molar-refractivity contribution in [1.82, 2.24) is 4.90 Å². The number of carboxylic acid groups (broad SMARTS) is 1. The first-order chi connectivity index (χ1) is 15.4. The normalized spacial score (nSPS) is 13.2. The Kier molecular flexibility index (Phi) is 6.15. The number of carboxylic acids is 1. The third kappa shape index (κ3) is 4.06. The van der Waals surface area contributed by atoms with Crippen molar-refractivity contribution in [2.45, 2.75) is 18.9 Å². The second-order valence-electron chi connectivity index (χ2n) is 7.53. The molecule has 0 spiro atoms. The van der Waals surface area contributed by atoms with Gasteiger partial charge in [0.05, 0.1) is 0 Å². The Balaban J connectivity index is 1.58. The lowest BCUT2D eigenvalue weighted by Gasteiger charge is -2.28. The second-order valence-corrected chi connectivity index (χ2v) is 7.97. The Bertz CT molecular complexity index is 1120. The number of halogens is 2. The summed E-state index contributed by atoms with van der Waals surface area (Å²) in [6.45, 7) is 1.75. The van der Waals surface area contributed by atoms with Crippen LogP contribution in [0.25, 0.3) is 11.1 Å².